The molecule has 7 heteroatoms. The highest BCUT2D eigenvalue weighted by molar-refractivity contribution is 7.19. The van der Waals surface area contributed by atoms with Crippen LogP contribution in [0.5, 0.6) is 0 Å². The first kappa shape index (κ1) is 22.9. The van der Waals surface area contributed by atoms with E-state index in [0.717, 1.165) is 12.2 Å². The molecule has 1 N–H and O–H groups in total. The number of hydrogen-bond acceptors (Lipinski definition) is 5. The number of piperidine rings is 2. The molecule has 3 aliphatic rings. The van der Waals surface area contributed by atoms with Crippen molar-refractivity contribution in [3.05, 3.63) is 39.7 Å². The number of hydrogen-bond donors (Lipinski definition) is 1. The van der Waals surface area contributed by atoms with Gasteiger partial charge in [-0.05, 0) is 87.0 Å². The zero-order valence-corrected chi connectivity index (χ0v) is 22.4. The summed E-state index contributed by atoms with van der Waals surface area (Å²) in [5.74, 6) is 1.96. The van der Waals surface area contributed by atoms with Crippen molar-refractivity contribution < 1.29 is 4.79 Å². The maximum Gasteiger partial charge on any atom is 0.158 e. The number of thiophene rings is 1. The highest BCUT2D eigenvalue weighted by atomic mass is 32.1. The molecule has 2 bridgehead atoms. The van der Waals surface area contributed by atoms with Gasteiger partial charge in [0, 0.05) is 34.6 Å². The van der Waals surface area contributed by atoms with Crippen molar-refractivity contribution in [3.63, 3.8) is 0 Å². The number of nitrogens with zero attached hydrogens (tertiary/aromatic N) is 4. The zero-order valence-electron chi connectivity index (χ0n) is 21.6. The van der Waals surface area contributed by atoms with Crippen LogP contribution in [0.4, 0.5) is 0 Å². The number of carbonyl (C=O) groups is 1. The van der Waals surface area contributed by atoms with Crippen molar-refractivity contribution in [3.8, 4) is 11.3 Å². The lowest BCUT2D eigenvalue weighted by Crippen LogP contribution is -2.52. The van der Waals surface area contributed by atoms with Crippen LogP contribution in [0.15, 0.2) is 12.5 Å². The molecule has 6 nitrogen and oxygen atoms in total. The first-order chi connectivity index (χ1) is 16.7. The van der Waals surface area contributed by atoms with Gasteiger partial charge in [-0.1, -0.05) is 13.8 Å². The first-order valence-electron chi connectivity index (χ1n) is 12.9. The molecule has 0 spiro atoms. The Hall–Kier alpha value is -2.51. The average Bonchev–Trinajstić information content (AvgIpc) is 3.51. The van der Waals surface area contributed by atoms with Gasteiger partial charge in [0.05, 0.1) is 12.2 Å². The van der Waals surface area contributed by atoms with Crippen LogP contribution in [0.2, 0.25) is 0 Å². The molecule has 2 saturated heterocycles. The number of H-pyrrole nitrogens is 1. The van der Waals surface area contributed by atoms with Gasteiger partial charge < -0.3 is 4.98 Å². The first-order valence-corrected chi connectivity index (χ1v) is 13.7. The molecule has 7 rings (SSSR count). The number of ketones is 1. The smallest absolute Gasteiger partial charge is 0.158 e. The van der Waals surface area contributed by atoms with E-state index >= 15 is 0 Å². The van der Waals surface area contributed by atoms with Gasteiger partial charge in [0.2, 0.25) is 0 Å². The maximum absolute atomic E-state index is 11.8. The number of fused-ring (bicyclic) bond motifs is 5. The van der Waals surface area contributed by atoms with Gasteiger partial charge in [0.1, 0.15) is 16.9 Å². The second-order valence-corrected chi connectivity index (χ2v) is 12.2. The van der Waals surface area contributed by atoms with Crippen molar-refractivity contribution in [2.75, 3.05) is 13.1 Å². The number of aromatic nitrogens is 4. The molecular formula is C28H35N5OS. The van der Waals surface area contributed by atoms with Crippen LogP contribution in [0.3, 0.4) is 0 Å². The highest BCUT2D eigenvalue weighted by Crippen LogP contribution is 2.51. The summed E-state index contributed by atoms with van der Waals surface area (Å²) in [6.45, 7) is 14.7. The van der Waals surface area contributed by atoms with Crippen molar-refractivity contribution in [1.82, 2.24) is 24.5 Å². The fourth-order valence-corrected chi connectivity index (χ4v) is 8.29. The molecule has 1 saturated carbocycles. The number of aromatic amines is 1. The summed E-state index contributed by atoms with van der Waals surface area (Å²) in [5, 5.41) is 5.85. The van der Waals surface area contributed by atoms with Crippen LogP contribution in [-0.4, -0.2) is 49.4 Å². The summed E-state index contributed by atoms with van der Waals surface area (Å²) in [5.41, 5.74) is 8.68. The third-order valence-corrected chi connectivity index (χ3v) is 9.99. The summed E-state index contributed by atoms with van der Waals surface area (Å²) in [7, 11) is 0. The summed E-state index contributed by atoms with van der Waals surface area (Å²) in [6.07, 6.45) is 7.47. The van der Waals surface area contributed by atoms with E-state index in [1.54, 1.807) is 18.1 Å². The van der Waals surface area contributed by atoms with E-state index in [-0.39, 0.29) is 0 Å². The van der Waals surface area contributed by atoms with E-state index in [1.807, 2.05) is 15.9 Å². The van der Waals surface area contributed by atoms with Gasteiger partial charge in [-0.25, -0.2) is 9.50 Å². The van der Waals surface area contributed by atoms with Crippen LogP contribution in [0, 0.1) is 26.7 Å². The van der Waals surface area contributed by atoms with E-state index < -0.39 is 0 Å². The topological polar surface area (TPSA) is 66.3 Å². The van der Waals surface area contributed by atoms with Crippen molar-refractivity contribution in [1.29, 1.82) is 0 Å². The number of carbonyl (C=O) groups excluding carboxylic acids is 1. The molecule has 3 atom stereocenters. The van der Waals surface area contributed by atoms with Gasteiger partial charge in [0.15, 0.2) is 5.65 Å². The predicted octanol–water partition coefficient (Wildman–Crippen LogP) is 6.14. The number of pyridine rings is 1. The molecule has 3 fully saturated rings. The van der Waals surface area contributed by atoms with E-state index in [9.17, 15) is 4.79 Å². The van der Waals surface area contributed by atoms with Crippen LogP contribution in [0.25, 0.3) is 27.1 Å². The molecule has 0 radical (unpaired) electrons. The van der Waals surface area contributed by atoms with Gasteiger partial charge >= 0.3 is 0 Å². The Morgan fingerprint density at radius 3 is 2.69 bits per heavy atom. The fraction of sp³-hybridized carbons (Fsp3) is 0.536. The van der Waals surface area contributed by atoms with Crippen molar-refractivity contribution in [2.45, 2.75) is 78.7 Å². The van der Waals surface area contributed by atoms with E-state index in [2.05, 4.69) is 60.8 Å². The number of aryl methyl sites for hydroxylation is 2. The molecule has 0 aromatic carbocycles. The van der Waals surface area contributed by atoms with Gasteiger partial charge in [0.25, 0.3) is 0 Å². The highest BCUT2D eigenvalue weighted by Gasteiger charge is 2.42. The van der Waals surface area contributed by atoms with Crippen LogP contribution < -0.4 is 0 Å². The monoisotopic (exact) mass is 489 g/mol. The lowest BCUT2D eigenvalue weighted by molar-refractivity contribution is -0.120. The number of rotatable bonds is 5. The Balaban J connectivity index is 1.44. The largest absolute Gasteiger partial charge is 0.346 e. The predicted molar refractivity (Wildman–Crippen MR) is 143 cm³/mol. The molecule has 2 aliphatic heterocycles. The van der Waals surface area contributed by atoms with Crippen LogP contribution in [0.1, 0.15) is 79.0 Å². The Morgan fingerprint density at radius 1 is 1.20 bits per heavy atom. The molecule has 1 aliphatic carbocycles. The van der Waals surface area contributed by atoms with Crippen LogP contribution in [-0.2, 0) is 4.79 Å². The third-order valence-electron chi connectivity index (χ3n) is 8.65. The molecule has 4 aromatic rings. The molecule has 4 aromatic heterocycles. The second kappa shape index (κ2) is 8.27. The van der Waals surface area contributed by atoms with Gasteiger partial charge in [-0.3, -0.25) is 9.69 Å². The average molecular weight is 490 g/mol. The third kappa shape index (κ3) is 3.50. The zero-order chi connectivity index (χ0) is 24.6. The number of Topliss-reactive ketones (excluding diaryl/α,β-unsaturated/α-hetero) is 1. The standard InChI is InChI=1S/C28H35N5OS/c1-14(2)23-24-18(6)26(21-9-20-8-7-19(21)11-32(20)10-15(3)34)35-28(24)31-25(23)22-12-33-27(29-13-30-33)17(5)16(22)4/h12-14,19-21,31H,7-11H2,1-6H3/t19-,20-,21-/m0/s1. The Kier molecular flexibility index (Phi) is 5.42. The Bertz CT molecular complexity index is 1460. The van der Waals surface area contributed by atoms with Crippen LogP contribution >= 0.6 is 11.3 Å². The fourth-order valence-electron chi connectivity index (χ4n) is 6.86. The van der Waals surface area contributed by atoms with Gasteiger partial charge in [-0.15, -0.1) is 11.3 Å². The minimum atomic E-state index is 0.290. The van der Waals surface area contributed by atoms with Gasteiger partial charge in [-0.2, -0.15) is 5.10 Å². The number of nitrogens with one attached hydrogen (secondary N) is 1. The Labute approximate surface area is 210 Å². The minimum Gasteiger partial charge on any atom is -0.346 e. The summed E-state index contributed by atoms with van der Waals surface area (Å²) in [4.78, 5) is 25.4. The minimum absolute atomic E-state index is 0.290. The summed E-state index contributed by atoms with van der Waals surface area (Å²) < 4.78 is 1.90. The van der Waals surface area contributed by atoms with E-state index in [4.69, 9.17) is 0 Å². The molecular weight excluding hydrogens is 454 g/mol. The Morgan fingerprint density at radius 2 is 2.00 bits per heavy atom. The molecule has 6 heterocycles. The molecule has 0 unspecified atom stereocenters. The summed E-state index contributed by atoms with van der Waals surface area (Å²) >= 11 is 1.97. The SMILES string of the molecule is CC(=O)CN1C[C@@H]2CC[C@H]1C[C@@H]2c1sc2[nH]c(-c3cn4ncnc4c(C)c3C)c(C(C)C)c2c1C. The quantitative estimate of drug-likeness (QED) is 0.365. The maximum atomic E-state index is 11.8. The van der Waals surface area contributed by atoms with E-state index in [1.165, 1.54) is 63.0 Å². The molecule has 184 valence electrons. The lowest BCUT2D eigenvalue weighted by Gasteiger charge is -2.49. The normalized spacial score (nSPS) is 22.8. The van der Waals surface area contributed by atoms with E-state index in [0.29, 0.717) is 36.1 Å². The second-order valence-electron chi connectivity index (χ2n) is 11.1. The summed E-state index contributed by atoms with van der Waals surface area (Å²) in [6, 6.07) is 0.550. The van der Waals surface area contributed by atoms with Crippen molar-refractivity contribution in [2.24, 2.45) is 5.92 Å². The molecule has 35 heavy (non-hydrogen) atoms. The lowest BCUT2D eigenvalue weighted by atomic mass is 9.70. The molecule has 0 amide bonds. The van der Waals surface area contributed by atoms with Crippen molar-refractivity contribution >= 4 is 33.0 Å².